The molecule has 3 rings (SSSR count). The van der Waals surface area contributed by atoms with Gasteiger partial charge in [0.15, 0.2) is 11.6 Å². The zero-order valence-corrected chi connectivity index (χ0v) is 16.8. The molecule has 1 saturated carbocycles. The van der Waals surface area contributed by atoms with Crippen molar-refractivity contribution in [3.05, 3.63) is 22.5 Å². The largest absolute Gasteiger partial charge is 0.464 e. The number of nitrogens with two attached hydrogens (primary N) is 1. The number of carbonyl (C=O) groups excluding carboxylic acids is 1. The van der Waals surface area contributed by atoms with Crippen LogP contribution in [-0.4, -0.2) is 33.8 Å². The first-order valence-corrected chi connectivity index (χ1v) is 10.3. The molecular weight excluding hydrogens is 373 g/mol. The molecule has 9 heteroatoms. The summed E-state index contributed by atoms with van der Waals surface area (Å²) in [5.74, 6) is 1.94. The number of nitrogen functional groups attached to an aromatic ring is 1. The van der Waals surface area contributed by atoms with Gasteiger partial charge in [-0.15, -0.1) is 11.8 Å². The van der Waals surface area contributed by atoms with E-state index in [1.165, 1.54) is 24.6 Å². The maximum atomic E-state index is 13.0. The maximum Gasteiger partial charge on any atom is 0.351 e. The lowest BCUT2D eigenvalue weighted by molar-refractivity contribution is -0.140. The molecule has 2 N–H and O–H groups in total. The molecule has 0 spiro atoms. The zero-order chi connectivity index (χ0) is 20.0. The van der Waals surface area contributed by atoms with E-state index in [1.807, 2.05) is 0 Å². The second kappa shape index (κ2) is 10.1. The van der Waals surface area contributed by atoms with Gasteiger partial charge in [0.25, 0.3) is 6.47 Å². The first-order chi connectivity index (χ1) is 12.8. The van der Waals surface area contributed by atoms with E-state index in [-0.39, 0.29) is 11.9 Å². The van der Waals surface area contributed by atoms with E-state index in [1.54, 1.807) is 0 Å². The van der Waals surface area contributed by atoms with Gasteiger partial charge < -0.3 is 15.2 Å². The van der Waals surface area contributed by atoms with Crippen molar-refractivity contribution in [2.45, 2.75) is 52.4 Å². The molecule has 2 unspecified atom stereocenters. The Hall–Kier alpha value is -1.61. The average molecular weight is 402 g/mol. The molecule has 4 atom stereocenters. The molecule has 152 valence electrons. The Kier molecular flexibility index (Phi) is 8.09. The van der Waals surface area contributed by atoms with Crippen LogP contribution < -0.4 is 11.4 Å². The van der Waals surface area contributed by atoms with Crippen molar-refractivity contribution in [3.8, 4) is 0 Å². The van der Waals surface area contributed by atoms with Gasteiger partial charge in [0.2, 0.25) is 0 Å². The van der Waals surface area contributed by atoms with Gasteiger partial charge in [-0.05, 0) is 30.6 Å². The van der Waals surface area contributed by atoms with Crippen molar-refractivity contribution in [3.63, 3.8) is 0 Å². The third kappa shape index (κ3) is 5.93. The summed E-state index contributed by atoms with van der Waals surface area (Å²) in [7, 11) is 0. The van der Waals surface area contributed by atoms with Crippen molar-refractivity contribution in [2.75, 3.05) is 17.4 Å². The number of rotatable bonds is 4. The molecule has 2 aliphatic rings. The fourth-order valence-corrected chi connectivity index (χ4v) is 4.30. The van der Waals surface area contributed by atoms with E-state index in [0.717, 1.165) is 17.2 Å². The van der Waals surface area contributed by atoms with Crippen molar-refractivity contribution in [2.24, 2.45) is 17.8 Å². The van der Waals surface area contributed by atoms with E-state index in [9.17, 15) is 14.0 Å². The van der Waals surface area contributed by atoms with Crippen LogP contribution in [0.4, 0.5) is 10.2 Å². The number of halogens is 1. The summed E-state index contributed by atoms with van der Waals surface area (Å²) in [6.45, 7) is 7.26. The summed E-state index contributed by atoms with van der Waals surface area (Å²) >= 11 is 1.53. The number of anilines is 1. The van der Waals surface area contributed by atoms with Crippen molar-refractivity contribution >= 4 is 24.1 Å². The van der Waals surface area contributed by atoms with Crippen LogP contribution in [0.5, 0.6) is 0 Å². The van der Waals surface area contributed by atoms with Crippen LogP contribution in [-0.2, 0) is 14.3 Å². The standard InChI is InChI=1S/C11H20O2.C7H8FN3O2S/c1-8(2)10-5-4-9(3)6-11(10)13-7-12;8-4-1-11(5-2-14-3-13-5)7(12)10-6(4)9/h7-11H,4-6H2,1-3H3;1,5H,2-3H2,(H2,9,10,12)/t9?,10-,11?;5-/m00/s1. The third-order valence-electron chi connectivity index (χ3n) is 5.04. The smallest absolute Gasteiger partial charge is 0.351 e. The molecule has 1 aliphatic carbocycles. The summed E-state index contributed by atoms with van der Waals surface area (Å²) in [6, 6.07) is 0. The lowest BCUT2D eigenvalue weighted by Crippen LogP contribution is -2.33. The summed E-state index contributed by atoms with van der Waals surface area (Å²) < 4.78 is 24.5. The second-order valence-corrected chi connectivity index (χ2v) is 8.35. The van der Waals surface area contributed by atoms with Crippen LogP contribution in [0.2, 0.25) is 0 Å². The number of ether oxygens (including phenoxy) is 2. The van der Waals surface area contributed by atoms with Gasteiger partial charge >= 0.3 is 5.69 Å². The second-order valence-electron chi connectivity index (χ2n) is 7.37. The van der Waals surface area contributed by atoms with E-state index in [4.69, 9.17) is 15.2 Å². The minimum Gasteiger partial charge on any atom is -0.464 e. The molecule has 0 bridgehead atoms. The molecule has 7 nitrogen and oxygen atoms in total. The highest BCUT2D eigenvalue weighted by Crippen LogP contribution is 2.34. The molecule has 2 heterocycles. The van der Waals surface area contributed by atoms with E-state index in [0.29, 0.717) is 35.9 Å². The summed E-state index contributed by atoms with van der Waals surface area (Å²) in [5, 5.41) is 0. The highest BCUT2D eigenvalue weighted by atomic mass is 32.2. The summed E-state index contributed by atoms with van der Waals surface area (Å²) in [6.07, 6.45) is 4.29. The Morgan fingerprint density at radius 2 is 2.22 bits per heavy atom. The van der Waals surface area contributed by atoms with Gasteiger partial charge in [0.1, 0.15) is 12.3 Å². The van der Waals surface area contributed by atoms with E-state index < -0.39 is 17.7 Å². The first kappa shape index (κ1) is 21.7. The molecule has 1 aromatic rings. The third-order valence-corrected chi connectivity index (χ3v) is 5.86. The molecule has 2 fully saturated rings. The topological polar surface area (TPSA) is 96.4 Å². The SMILES string of the molecule is CC1CC[C@@H](C(C)C)C(OC=O)C1.Nc1nc(=O)n([C@@H]2CSCO2)cc1F. The molecule has 1 aliphatic heterocycles. The van der Waals surface area contributed by atoms with Crippen molar-refractivity contribution in [1.29, 1.82) is 0 Å². The quantitative estimate of drug-likeness (QED) is 0.775. The number of hydrogen-bond donors (Lipinski definition) is 1. The predicted octanol–water partition coefficient (Wildman–Crippen LogP) is 2.80. The minimum absolute atomic E-state index is 0.168. The van der Waals surface area contributed by atoms with Gasteiger partial charge in [0, 0.05) is 5.75 Å². The Labute approximate surface area is 162 Å². The Morgan fingerprint density at radius 1 is 1.48 bits per heavy atom. The van der Waals surface area contributed by atoms with Gasteiger partial charge in [-0.25, -0.2) is 9.18 Å². The van der Waals surface area contributed by atoms with Crippen molar-refractivity contribution < 1.29 is 18.7 Å². The van der Waals surface area contributed by atoms with Crippen LogP contribution in [0.25, 0.3) is 0 Å². The van der Waals surface area contributed by atoms with Crippen LogP contribution >= 0.6 is 11.8 Å². The molecule has 1 aromatic heterocycles. The van der Waals surface area contributed by atoms with Gasteiger partial charge in [0.05, 0.1) is 12.1 Å². The van der Waals surface area contributed by atoms with Crippen LogP contribution in [0, 0.1) is 23.6 Å². The average Bonchev–Trinajstić information content (AvgIpc) is 3.13. The Bertz CT molecular complexity index is 679. The zero-order valence-electron chi connectivity index (χ0n) is 16.0. The predicted molar refractivity (Wildman–Crippen MR) is 103 cm³/mol. The molecule has 0 aromatic carbocycles. The maximum absolute atomic E-state index is 13.0. The normalized spacial score (nSPS) is 27.7. The lowest BCUT2D eigenvalue weighted by Gasteiger charge is -2.35. The monoisotopic (exact) mass is 401 g/mol. The van der Waals surface area contributed by atoms with Crippen molar-refractivity contribution in [1.82, 2.24) is 9.55 Å². The molecule has 0 amide bonds. The van der Waals surface area contributed by atoms with E-state index >= 15 is 0 Å². The van der Waals surface area contributed by atoms with Crippen LogP contribution in [0.15, 0.2) is 11.0 Å². The van der Waals surface area contributed by atoms with Gasteiger partial charge in [-0.2, -0.15) is 4.98 Å². The first-order valence-electron chi connectivity index (χ1n) is 9.16. The number of hydrogen-bond acceptors (Lipinski definition) is 7. The number of nitrogens with zero attached hydrogens (tertiary/aromatic N) is 2. The van der Waals surface area contributed by atoms with E-state index in [2.05, 4.69) is 25.8 Å². The van der Waals surface area contributed by atoms with Gasteiger partial charge in [-0.1, -0.05) is 27.2 Å². The number of aromatic nitrogens is 2. The van der Waals surface area contributed by atoms with Gasteiger partial charge in [-0.3, -0.25) is 9.36 Å². The summed E-state index contributed by atoms with van der Waals surface area (Å²) in [4.78, 5) is 25.0. The molecular formula is C18H28FN3O4S. The molecule has 0 radical (unpaired) electrons. The fourth-order valence-electron chi connectivity index (χ4n) is 3.49. The van der Waals surface area contributed by atoms with Crippen LogP contribution in [0.3, 0.4) is 0 Å². The Morgan fingerprint density at radius 3 is 2.81 bits per heavy atom. The Balaban J connectivity index is 0.000000194. The number of carbonyl (C=O) groups is 1. The summed E-state index contributed by atoms with van der Waals surface area (Å²) in [5.41, 5.74) is 4.56. The highest BCUT2D eigenvalue weighted by Gasteiger charge is 2.31. The highest BCUT2D eigenvalue weighted by molar-refractivity contribution is 7.99. The fraction of sp³-hybridized carbons (Fsp3) is 0.722. The minimum atomic E-state index is -0.704. The molecule has 27 heavy (non-hydrogen) atoms. The number of thioether (sulfide) groups is 1. The molecule has 1 saturated heterocycles. The lowest BCUT2D eigenvalue weighted by atomic mass is 9.75. The van der Waals surface area contributed by atoms with Crippen LogP contribution in [0.1, 0.15) is 46.3 Å².